The number of benzene rings is 1. The molecule has 5 nitrogen and oxygen atoms in total. The van der Waals surface area contributed by atoms with E-state index in [1.54, 1.807) is 26.2 Å². The third kappa shape index (κ3) is 3.52. The highest BCUT2D eigenvalue weighted by Crippen LogP contribution is 2.34. The average Bonchev–Trinajstić information content (AvgIpc) is 2.86. The number of methoxy groups -OCH3 is 1. The Labute approximate surface area is 126 Å². The Morgan fingerprint density at radius 1 is 1.24 bits per heavy atom. The minimum Gasteiger partial charge on any atom is -0.495 e. The van der Waals surface area contributed by atoms with Crippen LogP contribution in [0.15, 0.2) is 18.2 Å². The van der Waals surface area contributed by atoms with E-state index < -0.39 is 0 Å². The number of hydrogen-bond donors (Lipinski definition) is 1. The van der Waals surface area contributed by atoms with Crippen LogP contribution in [0.2, 0.25) is 0 Å². The highest BCUT2D eigenvalue weighted by molar-refractivity contribution is 7.20. The van der Waals surface area contributed by atoms with Crippen LogP contribution in [0.5, 0.6) is 5.75 Å². The topological polar surface area (TPSA) is 78.6 Å². The highest BCUT2D eigenvalue weighted by atomic mass is 32.1. The molecule has 1 aromatic heterocycles. The van der Waals surface area contributed by atoms with E-state index in [0.29, 0.717) is 22.9 Å². The zero-order valence-electron chi connectivity index (χ0n) is 12.0. The van der Waals surface area contributed by atoms with Gasteiger partial charge in [0, 0.05) is 17.2 Å². The van der Waals surface area contributed by atoms with Gasteiger partial charge >= 0.3 is 5.97 Å². The van der Waals surface area contributed by atoms with Gasteiger partial charge in [0.1, 0.15) is 5.75 Å². The summed E-state index contributed by atoms with van der Waals surface area (Å²) in [4.78, 5) is 24.0. The van der Waals surface area contributed by atoms with Crippen LogP contribution >= 0.6 is 11.3 Å². The molecule has 1 aromatic carbocycles. The summed E-state index contributed by atoms with van der Waals surface area (Å²) in [5.41, 5.74) is 6.38. The van der Waals surface area contributed by atoms with Gasteiger partial charge in [0.05, 0.1) is 30.7 Å². The zero-order chi connectivity index (χ0) is 15.4. The molecule has 2 N–H and O–H groups in total. The molecule has 112 valence electrons. The van der Waals surface area contributed by atoms with Crippen LogP contribution in [0.3, 0.4) is 0 Å². The molecule has 6 heteroatoms. The first-order valence-electron chi connectivity index (χ1n) is 6.61. The third-order valence-corrected chi connectivity index (χ3v) is 4.14. The molecule has 0 bridgehead atoms. The summed E-state index contributed by atoms with van der Waals surface area (Å²) in [7, 11) is 1.55. The number of ether oxygens (including phenoxy) is 2. The molecule has 0 atom stereocenters. The average molecular weight is 307 g/mol. The minimum absolute atomic E-state index is 0.0678. The number of nitrogens with two attached hydrogens (primary N) is 1. The largest absolute Gasteiger partial charge is 0.495 e. The van der Waals surface area contributed by atoms with Crippen LogP contribution < -0.4 is 10.5 Å². The van der Waals surface area contributed by atoms with Gasteiger partial charge in [0.2, 0.25) is 0 Å². The fourth-order valence-electron chi connectivity index (χ4n) is 1.97. The molecular formula is C15H17NO4S. The number of carbonyl (C=O) groups is 2. The molecular weight excluding hydrogens is 290 g/mol. The van der Waals surface area contributed by atoms with E-state index in [1.807, 2.05) is 6.07 Å². The Kier molecular flexibility index (Phi) is 4.80. The van der Waals surface area contributed by atoms with E-state index in [1.165, 1.54) is 11.3 Å². The predicted molar refractivity (Wildman–Crippen MR) is 83.0 cm³/mol. The lowest BCUT2D eigenvalue weighted by molar-refractivity contribution is -0.143. The maximum Gasteiger partial charge on any atom is 0.306 e. The Balaban J connectivity index is 2.15. The molecule has 0 amide bonds. The number of thiophene rings is 1. The van der Waals surface area contributed by atoms with Crippen molar-refractivity contribution in [2.24, 2.45) is 0 Å². The molecule has 2 rings (SSSR count). The number of fused-ring (bicyclic) bond motifs is 1. The molecule has 0 aliphatic carbocycles. The van der Waals surface area contributed by atoms with Crippen molar-refractivity contribution in [2.75, 3.05) is 19.5 Å². The van der Waals surface area contributed by atoms with Gasteiger partial charge in [-0.3, -0.25) is 9.59 Å². The van der Waals surface area contributed by atoms with Crippen molar-refractivity contribution in [1.29, 1.82) is 0 Å². The van der Waals surface area contributed by atoms with Gasteiger partial charge in [-0.2, -0.15) is 0 Å². The van der Waals surface area contributed by atoms with Gasteiger partial charge < -0.3 is 15.2 Å². The molecule has 0 unspecified atom stereocenters. The molecule has 0 aliphatic rings. The smallest absolute Gasteiger partial charge is 0.306 e. The van der Waals surface area contributed by atoms with Gasteiger partial charge in [-0.25, -0.2) is 0 Å². The number of Topliss-reactive ketones (excluding diaryl/α,β-unsaturated/α-hetero) is 1. The SMILES string of the molecule is CCOC(=O)CCC(=O)c1cc2cc(N)c(OC)cc2s1. The van der Waals surface area contributed by atoms with Crippen molar-refractivity contribution in [2.45, 2.75) is 19.8 Å². The Bertz CT molecular complexity index is 678. The number of carbonyl (C=O) groups excluding carboxylic acids is 2. The lowest BCUT2D eigenvalue weighted by Crippen LogP contribution is -2.07. The second kappa shape index (κ2) is 6.58. The molecule has 0 saturated carbocycles. The van der Waals surface area contributed by atoms with Crippen LogP contribution in [-0.4, -0.2) is 25.5 Å². The predicted octanol–water partition coefficient (Wildman–Crippen LogP) is 3.02. The van der Waals surface area contributed by atoms with Crippen LogP contribution in [0.25, 0.3) is 10.1 Å². The Morgan fingerprint density at radius 2 is 2.00 bits per heavy atom. The van der Waals surface area contributed by atoms with E-state index >= 15 is 0 Å². The summed E-state index contributed by atoms with van der Waals surface area (Å²) < 4.78 is 10.9. The fraction of sp³-hybridized carbons (Fsp3) is 0.333. The third-order valence-electron chi connectivity index (χ3n) is 3.00. The van der Waals surface area contributed by atoms with E-state index in [2.05, 4.69) is 0 Å². The molecule has 0 radical (unpaired) electrons. The molecule has 21 heavy (non-hydrogen) atoms. The number of hydrogen-bond acceptors (Lipinski definition) is 6. The Hall–Kier alpha value is -2.08. The van der Waals surface area contributed by atoms with Crippen molar-refractivity contribution in [1.82, 2.24) is 0 Å². The van der Waals surface area contributed by atoms with Gasteiger partial charge in [0.25, 0.3) is 0 Å². The summed E-state index contributed by atoms with van der Waals surface area (Å²) >= 11 is 1.37. The monoisotopic (exact) mass is 307 g/mol. The number of nitrogen functional groups attached to an aromatic ring is 1. The summed E-state index contributed by atoms with van der Waals surface area (Å²) in [5.74, 6) is 0.175. The van der Waals surface area contributed by atoms with E-state index in [-0.39, 0.29) is 24.6 Å². The number of rotatable bonds is 6. The van der Waals surface area contributed by atoms with E-state index in [4.69, 9.17) is 15.2 Å². The van der Waals surface area contributed by atoms with Crippen LogP contribution in [0.1, 0.15) is 29.4 Å². The van der Waals surface area contributed by atoms with E-state index in [0.717, 1.165) is 10.1 Å². The number of esters is 1. The van der Waals surface area contributed by atoms with Gasteiger partial charge in [-0.15, -0.1) is 11.3 Å². The van der Waals surface area contributed by atoms with Crippen LogP contribution in [-0.2, 0) is 9.53 Å². The molecule has 0 spiro atoms. The molecule has 0 fully saturated rings. The van der Waals surface area contributed by atoms with Crippen molar-refractivity contribution < 1.29 is 19.1 Å². The minimum atomic E-state index is -0.349. The first-order valence-corrected chi connectivity index (χ1v) is 7.42. The van der Waals surface area contributed by atoms with Gasteiger partial charge in [0.15, 0.2) is 5.78 Å². The lowest BCUT2D eigenvalue weighted by Gasteiger charge is -2.03. The second-order valence-corrected chi connectivity index (χ2v) is 5.55. The normalized spacial score (nSPS) is 10.6. The van der Waals surface area contributed by atoms with Crippen LogP contribution in [0.4, 0.5) is 5.69 Å². The maximum atomic E-state index is 12.1. The fourth-order valence-corrected chi connectivity index (χ4v) is 3.01. The molecule has 1 heterocycles. The highest BCUT2D eigenvalue weighted by Gasteiger charge is 2.14. The first kappa shape index (κ1) is 15.3. The second-order valence-electron chi connectivity index (χ2n) is 4.47. The quantitative estimate of drug-likeness (QED) is 0.504. The summed E-state index contributed by atoms with van der Waals surface area (Å²) in [6, 6.07) is 5.40. The van der Waals surface area contributed by atoms with Crippen LogP contribution in [0, 0.1) is 0 Å². The summed E-state index contributed by atoms with van der Waals surface area (Å²) in [6.45, 7) is 2.07. The maximum absolute atomic E-state index is 12.1. The van der Waals surface area contributed by atoms with Crippen molar-refractivity contribution >= 4 is 38.9 Å². The lowest BCUT2D eigenvalue weighted by atomic mass is 10.1. The summed E-state index contributed by atoms with van der Waals surface area (Å²) in [5, 5.41) is 0.901. The number of anilines is 1. The van der Waals surface area contributed by atoms with Crippen molar-refractivity contribution in [3.8, 4) is 5.75 Å². The number of ketones is 1. The molecule has 0 aliphatic heterocycles. The van der Waals surface area contributed by atoms with E-state index in [9.17, 15) is 9.59 Å². The van der Waals surface area contributed by atoms with Gasteiger partial charge in [-0.1, -0.05) is 0 Å². The van der Waals surface area contributed by atoms with Crippen molar-refractivity contribution in [3.63, 3.8) is 0 Å². The zero-order valence-corrected chi connectivity index (χ0v) is 12.8. The summed E-state index contributed by atoms with van der Waals surface area (Å²) in [6.07, 6.45) is 0.255. The van der Waals surface area contributed by atoms with Crippen molar-refractivity contribution in [3.05, 3.63) is 23.1 Å². The molecule has 2 aromatic rings. The molecule has 0 saturated heterocycles. The van der Waals surface area contributed by atoms with Gasteiger partial charge in [-0.05, 0) is 24.4 Å². The standard InChI is InChI=1S/C15H17NO4S/c1-3-20-15(18)5-4-11(17)14-7-9-6-10(16)12(19-2)8-13(9)21-14/h6-8H,3-5,16H2,1-2H3. The Morgan fingerprint density at radius 3 is 2.67 bits per heavy atom. The first-order chi connectivity index (χ1) is 10.0.